The van der Waals surface area contributed by atoms with E-state index in [4.69, 9.17) is 4.74 Å². The van der Waals surface area contributed by atoms with Crippen molar-refractivity contribution in [3.8, 4) is 0 Å². The van der Waals surface area contributed by atoms with Crippen molar-refractivity contribution in [2.75, 3.05) is 25.6 Å². The second-order valence-electron chi connectivity index (χ2n) is 6.79. The Balaban J connectivity index is 1.99. The van der Waals surface area contributed by atoms with E-state index < -0.39 is 5.97 Å². The van der Waals surface area contributed by atoms with Crippen molar-refractivity contribution in [2.24, 2.45) is 4.99 Å². The lowest BCUT2D eigenvalue weighted by Gasteiger charge is -2.11. The second-order valence-corrected chi connectivity index (χ2v) is 7.82. The molecule has 0 saturated heterocycles. The fraction of sp³-hybridized carbons (Fsp3) is 0.217. The summed E-state index contributed by atoms with van der Waals surface area (Å²) in [6.45, 7) is 3.96. The summed E-state index contributed by atoms with van der Waals surface area (Å²) in [5.74, 6) is -0.675. The highest BCUT2D eigenvalue weighted by Crippen LogP contribution is 2.40. The molecule has 0 amide bonds. The SMILES string of the molecule is CCOC(=O)C1=C(O)C(=Cc2ccc(N(C)C)cc2)SC1=Nc1ccc(C)cc1. The van der Waals surface area contributed by atoms with Gasteiger partial charge >= 0.3 is 5.97 Å². The second kappa shape index (κ2) is 9.01. The molecule has 0 radical (unpaired) electrons. The van der Waals surface area contributed by atoms with E-state index in [1.165, 1.54) is 11.8 Å². The number of aliphatic hydroxyl groups excluding tert-OH is 1. The minimum atomic E-state index is -0.574. The Labute approximate surface area is 175 Å². The molecule has 2 aromatic carbocycles. The first kappa shape index (κ1) is 20.7. The lowest BCUT2D eigenvalue weighted by atomic mass is 10.1. The quantitative estimate of drug-likeness (QED) is 0.684. The van der Waals surface area contributed by atoms with Gasteiger partial charge in [0.25, 0.3) is 0 Å². The fourth-order valence-electron chi connectivity index (χ4n) is 2.75. The number of hydrogen-bond acceptors (Lipinski definition) is 6. The van der Waals surface area contributed by atoms with Gasteiger partial charge in [0.2, 0.25) is 0 Å². The number of rotatable bonds is 5. The van der Waals surface area contributed by atoms with Gasteiger partial charge in [-0.2, -0.15) is 0 Å². The van der Waals surface area contributed by atoms with Crippen LogP contribution in [0.4, 0.5) is 11.4 Å². The third-order valence-electron chi connectivity index (χ3n) is 4.34. The molecule has 0 spiro atoms. The molecule has 3 rings (SSSR count). The highest BCUT2D eigenvalue weighted by Gasteiger charge is 2.33. The first-order chi connectivity index (χ1) is 13.9. The van der Waals surface area contributed by atoms with Gasteiger partial charge in [0.05, 0.1) is 17.2 Å². The topological polar surface area (TPSA) is 62.1 Å². The van der Waals surface area contributed by atoms with Crippen LogP contribution in [0.3, 0.4) is 0 Å². The summed E-state index contributed by atoms with van der Waals surface area (Å²) >= 11 is 1.26. The van der Waals surface area contributed by atoms with Gasteiger partial charge in [-0.25, -0.2) is 9.79 Å². The third-order valence-corrected chi connectivity index (χ3v) is 5.36. The summed E-state index contributed by atoms with van der Waals surface area (Å²) in [6, 6.07) is 15.6. The van der Waals surface area contributed by atoms with Crippen molar-refractivity contribution < 1.29 is 14.6 Å². The van der Waals surface area contributed by atoms with Gasteiger partial charge < -0.3 is 14.7 Å². The van der Waals surface area contributed by atoms with E-state index >= 15 is 0 Å². The number of thioether (sulfide) groups is 1. The molecule has 1 aliphatic rings. The molecule has 29 heavy (non-hydrogen) atoms. The molecular formula is C23H24N2O3S. The van der Waals surface area contributed by atoms with Crippen LogP contribution in [-0.4, -0.2) is 36.8 Å². The number of carbonyl (C=O) groups is 1. The summed E-state index contributed by atoms with van der Waals surface area (Å²) in [6.07, 6.45) is 1.84. The molecule has 0 aliphatic carbocycles. The zero-order valence-corrected chi connectivity index (χ0v) is 17.8. The number of esters is 1. The van der Waals surface area contributed by atoms with Gasteiger partial charge in [-0.3, -0.25) is 0 Å². The van der Waals surface area contributed by atoms with Crippen molar-refractivity contribution in [3.05, 3.63) is 75.9 Å². The molecule has 0 bridgehead atoms. The Morgan fingerprint density at radius 2 is 1.79 bits per heavy atom. The van der Waals surface area contributed by atoms with Crippen molar-refractivity contribution >= 4 is 40.2 Å². The zero-order chi connectivity index (χ0) is 21.0. The number of ether oxygens (including phenoxy) is 1. The number of hydrogen-bond donors (Lipinski definition) is 1. The summed E-state index contributed by atoms with van der Waals surface area (Å²) in [4.78, 5) is 19.6. The Bertz CT molecular complexity index is 988. The highest BCUT2D eigenvalue weighted by molar-refractivity contribution is 8.18. The van der Waals surface area contributed by atoms with E-state index in [-0.39, 0.29) is 17.9 Å². The van der Waals surface area contributed by atoms with Gasteiger partial charge in [-0.1, -0.05) is 41.6 Å². The number of nitrogens with zero attached hydrogens (tertiary/aromatic N) is 2. The van der Waals surface area contributed by atoms with E-state index in [9.17, 15) is 9.90 Å². The molecule has 0 atom stereocenters. The minimum Gasteiger partial charge on any atom is -0.506 e. The maximum absolute atomic E-state index is 12.5. The molecule has 150 valence electrons. The van der Waals surface area contributed by atoms with Gasteiger partial charge in [0, 0.05) is 19.8 Å². The number of benzene rings is 2. The largest absolute Gasteiger partial charge is 0.506 e. The van der Waals surface area contributed by atoms with Crippen molar-refractivity contribution in [1.82, 2.24) is 0 Å². The molecule has 0 aromatic heterocycles. The van der Waals surface area contributed by atoms with E-state index in [0.717, 1.165) is 16.8 Å². The highest BCUT2D eigenvalue weighted by atomic mass is 32.2. The molecule has 1 N–H and O–H groups in total. The van der Waals surface area contributed by atoms with Crippen LogP contribution in [-0.2, 0) is 9.53 Å². The monoisotopic (exact) mass is 408 g/mol. The predicted molar refractivity (Wildman–Crippen MR) is 121 cm³/mol. The maximum atomic E-state index is 12.5. The van der Waals surface area contributed by atoms with E-state index in [1.54, 1.807) is 6.92 Å². The van der Waals surface area contributed by atoms with Crippen LogP contribution in [0.1, 0.15) is 18.1 Å². The number of carbonyl (C=O) groups excluding carboxylic acids is 1. The van der Waals surface area contributed by atoms with Crippen LogP contribution < -0.4 is 4.90 Å². The Morgan fingerprint density at radius 3 is 2.38 bits per heavy atom. The predicted octanol–water partition coefficient (Wildman–Crippen LogP) is 5.25. The van der Waals surface area contributed by atoms with E-state index in [2.05, 4.69) is 4.99 Å². The standard InChI is InChI=1S/C23H24N2O3S/c1-5-28-23(27)20-21(26)19(14-16-8-12-18(13-9-16)25(3)4)29-22(20)24-17-10-6-15(2)7-11-17/h6-14,26H,5H2,1-4H3. The van der Waals surface area contributed by atoms with Crippen molar-refractivity contribution in [1.29, 1.82) is 0 Å². The molecule has 0 saturated carbocycles. The van der Waals surface area contributed by atoms with Crippen LogP contribution in [0.25, 0.3) is 6.08 Å². The maximum Gasteiger partial charge on any atom is 0.344 e. The van der Waals surface area contributed by atoms with Gasteiger partial charge in [-0.05, 0) is 49.8 Å². The zero-order valence-electron chi connectivity index (χ0n) is 17.0. The molecule has 2 aromatic rings. The summed E-state index contributed by atoms with van der Waals surface area (Å²) in [5, 5.41) is 11.2. The fourth-order valence-corrected chi connectivity index (χ4v) is 3.78. The first-order valence-electron chi connectivity index (χ1n) is 9.32. The number of aliphatic imine (C=N–C) groups is 1. The van der Waals surface area contributed by atoms with E-state index in [0.29, 0.717) is 15.6 Å². The summed E-state index contributed by atoms with van der Waals surface area (Å²) in [7, 11) is 3.96. The van der Waals surface area contributed by atoms with Gasteiger partial charge in [0.1, 0.15) is 16.4 Å². The Morgan fingerprint density at radius 1 is 1.14 bits per heavy atom. The molecule has 1 heterocycles. The average Bonchev–Trinajstić information content (AvgIpc) is 2.99. The lowest BCUT2D eigenvalue weighted by molar-refractivity contribution is -0.138. The molecular weight excluding hydrogens is 384 g/mol. The number of anilines is 1. The minimum absolute atomic E-state index is 0.101. The van der Waals surface area contributed by atoms with Crippen LogP contribution >= 0.6 is 11.8 Å². The number of aryl methyl sites for hydroxylation is 1. The third kappa shape index (κ3) is 4.90. The van der Waals surface area contributed by atoms with Gasteiger partial charge in [-0.15, -0.1) is 0 Å². The Hall–Kier alpha value is -2.99. The molecule has 5 nitrogen and oxygen atoms in total. The van der Waals surface area contributed by atoms with Crippen molar-refractivity contribution in [3.63, 3.8) is 0 Å². The van der Waals surface area contributed by atoms with Crippen LogP contribution in [0.2, 0.25) is 0 Å². The summed E-state index contributed by atoms with van der Waals surface area (Å²) in [5.41, 5.74) is 3.95. The first-order valence-corrected chi connectivity index (χ1v) is 10.1. The normalized spacial score (nSPS) is 16.6. The Kier molecular flexibility index (Phi) is 6.44. The average molecular weight is 409 g/mol. The summed E-state index contributed by atoms with van der Waals surface area (Å²) < 4.78 is 5.14. The lowest BCUT2D eigenvalue weighted by Crippen LogP contribution is -2.12. The van der Waals surface area contributed by atoms with Crippen LogP contribution in [0.5, 0.6) is 0 Å². The molecule has 0 unspecified atom stereocenters. The smallest absolute Gasteiger partial charge is 0.344 e. The molecule has 1 aliphatic heterocycles. The molecule has 6 heteroatoms. The number of aliphatic hydroxyl groups is 1. The van der Waals surface area contributed by atoms with Crippen LogP contribution in [0, 0.1) is 6.92 Å². The van der Waals surface area contributed by atoms with Crippen molar-refractivity contribution in [2.45, 2.75) is 13.8 Å². The van der Waals surface area contributed by atoms with E-state index in [1.807, 2.05) is 80.5 Å². The van der Waals surface area contributed by atoms with Gasteiger partial charge in [0.15, 0.2) is 0 Å². The van der Waals surface area contributed by atoms with Crippen LogP contribution in [0.15, 0.2) is 69.8 Å². The molecule has 0 fully saturated rings.